The van der Waals surface area contributed by atoms with E-state index in [4.69, 9.17) is 0 Å². The van der Waals surface area contributed by atoms with Gasteiger partial charge in [0.05, 0.1) is 20.6 Å². The van der Waals surface area contributed by atoms with E-state index in [9.17, 15) is 5.11 Å². The van der Waals surface area contributed by atoms with Crippen molar-refractivity contribution in [1.29, 1.82) is 0 Å². The first-order chi connectivity index (χ1) is 12.0. The van der Waals surface area contributed by atoms with Gasteiger partial charge in [-0.25, -0.2) is 0 Å². The molecule has 0 bridgehead atoms. The predicted octanol–water partition coefficient (Wildman–Crippen LogP) is 1.58. The first kappa shape index (κ1) is 20.6. The quantitative estimate of drug-likeness (QED) is 0.439. The van der Waals surface area contributed by atoms with Gasteiger partial charge in [-0.3, -0.25) is 4.48 Å². The first-order valence-corrected chi connectivity index (χ1v) is 8.74. The SMILES string of the molecule is C[N+](C)(CCC(O)(c1ccccc1)c1ccccc1)c1ccccc1.[I-]. The van der Waals surface area contributed by atoms with Crippen LogP contribution in [0.1, 0.15) is 17.5 Å². The third-order valence-corrected chi connectivity index (χ3v) is 4.99. The molecule has 26 heavy (non-hydrogen) atoms. The zero-order valence-corrected chi connectivity index (χ0v) is 17.5. The van der Waals surface area contributed by atoms with Crippen molar-refractivity contribution in [2.24, 2.45) is 0 Å². The molecule has 0 saturated heterocycles. The van der Waals surface area contributed by atoms with Crippen LogP contribution < -0.4 is 28.5 Å². The molecule has 0 aromatic heterocycles. The average Bonchev–Trinajstić information content (AvgIpc) is 2.68. The molecule has 136 valence electrons. The molecule has 0 aliphatic rings. The van der Waals surface area contributed by atoms with Crippen LogP contribution in [-0.2, 0) is 5.60 Å². The second-order valence-electron chi connectivity index (χ2n) is 7.09. The summed E-state index contributed by atoms with van der Waals surface area (Å²) in [6, 6.07) is 30.4. The van der Waals surface area contributed by atoms with Crippen molar-refractivity contribution in [2.45, 2.75) is 12.0 Å². The third kappa shape index (κ3) is 4.53. The maximum absolute atomic E-state index is 11.7. The van der Waals surface area contributed by atoms with E-state index in [1.807, 2.05) is 66.7 Å². The summed E-state index contributed by atoms with van der Waals surface area (Å²) in [5, 5.41) is 11.7. The van der Waals surface area contributed by atoms with Gasteiger partial charge in [0.1, 0.15) is 11.3 Å². The molecule has 0 aliphatic heterocycles. The Kier molecular flexibility index (Phi) is 6.98. The van der Waals surface area contributed by atoms with Gasteiger partial charge in [0.2, 0.25) is 0 Å². The van der Waals surface area contributed by atoms with Gasteiger partial charge in [0.15, 0.2) is 0 Å². The van der Waals surface area contributed by atoms with E-state index in [-0.39, 0.29) is 24.0 Å². The lowest BCUT2D eigenvalue weighted by molar-refractivity contribution is -0.00000956. The molecule has 0 atom stereocenters. The molecule has 0 heterocycles. The second kappa shape index (κ2) is 8.80. The lowest BCUT2D eigenvalue weighted by atomic mass is 9.83. The Bertz CT molecular complexity index is 749. The molecule has 3 aromatic rings. The van der Waals surface area contributed by atoms with Crippen LogP contribution in [0.25, 0.3) is 0 Å². The monoisotopic (exact) mass is 459 g/mol. The van der Waals surface area contributed by atoms with Crippen molar-refractivity contribution in [2.75, 3.05) is 20.6 Å². The lowest BCUT2D eigenvalue weighted by Gasteiger charge is -2.35. The molecule has 0 amide bonds. The van der Waals surface area contributed by atoms with Gasteiger partial charge in [-0.2, -0.15) is 0 Å². The minimum Gasteiger partial charge on any atom is -1.00 e. The van der Waals surface area contributed by atoms with Crippen molar-refractivity contribution in [3.05, 3.63) is 102 Å². The van der Waals surface area contributed by atoms with Crippen LogP contribution in [0.4, 0.5) is 5.69 Å². The number of rotatable bonds is 6. The lowest BCUT2D eigenvalue weighted by Crippen LogP contribution is -3.00. The Hall–Kier alpha value is -1.69. The van der Waals surface area contributed by atoms with Gasteiger partial charge in [0, 0.05) is 6.42 Å². The van der Waals surface area contributed by atoms with Crippen LogP contribution >= 0.6 is 0 Å². The topological polar surface area (TPSA) is 20.2 Å². The summed E-state index contributed by atoms with van der Waals surface area (Å²) in [4.78, 5) is 0. The number of quaternary nitrogens is 1. The molecule has 2 nitrogen and oxygen atoms in total. The van der Waals surface area contributed by atoms with Crippen LogP contribution in [0.3, 0.4) is 0 Å². The molecule has 3 heteroatoms. The highest BCUT2D eigenvalue weighted by atomic mass is 127. The van der Waals surface area contributed by atoms with Crippen LogP contribution in [0.5, 0.6) is 0 Å². The highest BCUT2D eigenvalue weighted by Gasteiger charge is 2.34. The average molecular weight is 459 g/mol. The summed E-state index contributed by atoms with van der Waals surface area (Å²) >= 11 is 0. The summed E-state index contributed by atoms with van der Waals surface area (Å²) in [5.74, 6) is 0. The molecule has 0 radical (unpaired) electrons. The van der Waals surface area contributed by atoms with Gasteiger partial charge in [0.25, 0.3) is 0 Å². The van der Waals surface area contributed by atoms with Crippen LogP contribution in [0.15, 0.2) is 91.0 Å². The fourth-order valence-corrected chi connectivity index (χ4v) is 3.29. The van der Waals surface area contributed by atoms with Gasteiger partial charge < -0.3 is 29.1 Å². The predicted molar refractivity (Wildman–Crippen MR) is 105 cm³/mol. The fourth-order valence-electron chi connectivity index (χ4n) is 3.29. The van der Waals surface area contributed by atoms with Gasteiger partial charge in [-0.1, -0.05) is 78.9 Å². The largest absolute Gasteiger partial charge is 1.00 e. The van der Waals surface area contributed by atoms with Crippen molar-refractivity contribution in [1.82, 2.24) is 4.48 Å². The Morgan fingerprint density at radius 1 is 0.692 bits per heavy atom. The van der Waals surface area contributed by atoms with Crippen molar-refractivity contribution in [3.63, 3.8) is 0 Å². The van der Waals surface area contributed by atoms with E-state index in [0.29, 0.717) is 6.42 Å². The highest BCUT2D eigenvalue weighted by Crippen LogP contribution is 2.34. The van der Waals surface area contributed by atoms with Crippen molar-refractivity contribution < 1.29 is 29.1 Å². The molecule has 0 saturated carbocycles. The molecule has 3 aromatic carbocycles. The molecule has 0 spiro atoms. The number of halogens is 1. The number of para-hydroxylation sites is 1. The van der Waals surface area contributed by atoms with E-state index < -0.39 is 5.60 Å². The van der Waals surface area contributed by atoms with Crippen molar-refractivity contribution in [3.8, 4) is 0 Å². The van der Waals surface area contributed by atoms with E-state index in [1.54, 1.807) is 0 Å². The molecular weight excluding hydrogens is 433 g/mol. The van der Waals surface area contributed by atoms with Gasteiger partial charge in [-0.15, -0.1) is 0 Å². The Balaban J connectivity index is 0.00000243. The minimum atomic E-state index is -0.993. The first-order valence-electron chi connectivity index (χ1n) is 8.74. The second-order valence-corrected chi connectivity index (χ2v) is 7.09. The highest BCUT2D eigenvalue weighted by molar-refractivity contribution is 5.42. The molecular formula is C23H26INO. The summed E-state index contributed by atoms with van der Waals surface area (Å²) in [7, 11) is 4.37. The van der Waals surface area contributed by atoms with Crippen molar-refractivity contribution >= 4 is 5.69 Å². The fraction of sp³-hybridized carbons (Fsp3) is 0.217. The van der Waals surface area contributed by atoms with E-state index in [1.165, 1.54) is 5.69 Å². The normalized spacial score (nSPS) is 11.7. The maximum Gasteiger partial charge on any atom is 0.132 e. The Labute approximate surface area is 173 Å². The molecule has 3 rings (SSSR count). The smallest absolute Gasteiger partial charge is 0.132 e. The van der Waals surface area contributed by atoms with Crippen LogP contribution in [0.2, 0.25) is 0 Å². The standard InChI is InChI=1S/C23H26NO.HI/c1-24(2,22-16-10-5-11-17-22)19-18-23(25,20-12-6-3-7-13-20)21-14-8-4-9-15-21;/h3-17,25H,18-19H2,1-2H3;1H/q+1;/p-1. The zero-order chi connectivity index (χ0) is 17.8. The van der Waals surface area contributed by atoms with Gasteiger partial charge in [-0.05, 0) is 23.3 Å². The minimum absolute atomic E-state index is 0. The number of hydrogen-bond donors (Lipinski definition) is 1. The summed E-state index contributed by atoms with van der Waals surface area (Å²) in [6.45, 7) is 0.824. The number of hydrogen-bond acceptors (Lipinski definition) is 1. The Morgan fingerprint density at radius 2 is 1.08 bits per heavy atom. The van der Waals surface area contributed by atoms with Crippen LogP contribution in [-0.4, -0.2) is 25.7 Å². The molecule has 0 unspecified atom stereocenters. The summed E-state index contributed by atoms with van der Waals surface area (Å²) in [5.41, 5.74) is 2.13. The van der Waals surface area contributed by atoms with Gasteiger partial charge >= 0.3 is 0 Å². The number of benzene rings is 3. The summed E-state index contributed by atoms with van der Waals surface area (Å²) < 4.78 is 0.725. The molecule has 1 N–H and O–H groups in total. The third-order valence-electron chi connectivity index (χ3n) is 4.99. The van der Waals surface area contributed by atoms with E-state index >= 15 is 0 Å². The summed E-state index contributed by atoms with van der Waals surface area (Å²) in [6.07, 6.45) is 0.642. The maximum atomic E-state index is 11.7. The van der Waals surface area contributed by atoms with Crippen LogP contribution in [0, 0.1) is 0 Å². The zero-order valence-electron chi connectivity index (χ0n) is 15.3. The number of aliphatic hydroxyl groups is 1. The molecule has 0 fully saturated rings. The number of nitrogens with zero attached hydrogens (tertiary/aromatic N) is 1. The van der Waals surface area contributed by atoms with E-state index in [0.717, 1.165) is 22.2 Å². The van der Waals surface area contributed by atoms with E-state index in [2.05, 4.69) is 38.4 Å². The Morgan fingerprint density at radius 3 is 1.50 bits per heavy atom. The molecule has 0 aliphatic carbocycles.